The zero-order valence-corrected chi connectivity index (χ0v) is 17.9. The minimum Gasteiger partial charge on any atom is -0.490 e. The van der Waals surface area contributed by atoms with Crippen molar-refractivity contribution in [2.45, 2.75) is 20.1 Å². The Hall–Kier alpha value is -2.14. The van der Waals surface area contributed by atoms with E-state index < -0.39 is 5.82 Å². The molecule has 3 aromatic rings. The fourth-order valence-electron chi connectivity index (χ4n) is 2.67. The van der Waals surface area contributed by atoms with Crippen molar-refractivity contribution >= 4 is 40.5 Å². The van der Waals surface area contributed by atoms with Gasteiger partial charge in [-0.15, -0.1) is 0 Å². The van der Waals surface area contributed by atoms with Crippen molar-refractivity contribution in [3.63, 3.8) is 0 Å². The number of hydrogen-bond donors (Lipinski definition) is 1. The molecule has 1 N–H and O–H groups in total. The standard InChI is InChI=1S/C22H19Cl3FNO2/c1-2-28-21-9-15(12-27-16-7-8-20(26)19(25)10-16)18(24)11-22(21)29-13-14-5-3-4-6-17(14)23/h3-11,27H,2,12-13H2,1H3. The summed E-state index contributed by atoms with van der Waals surface area (Å²) in [5.41, 5.74) is 2.36. The number of anilines is 1. The molecule has 0 atom stereocenters. The molecule has 3 nitrogen and oxygen atoms in total. The maximum absolute atomic E-state index is 13.3. The fourth-order valence-corrected chi connectivity index (χ4v) is 3.26. The molecule has 0 heterocycles. The second kappa shape index (κ2) is 10.1. The van der Waals surface area contributed by atoms with Crippen LogP contribution in [0.2, 0.25) is 15.1 Å². The highest BCUT2D eigenvalue weighted by Gasteiger charge is 2.13. The molecule has 0 aliphatic rings. The SMILES string of the molecule is CCOc1cc(CNc2ccc(F)c(Cl)c2)c(Cl)cc1OCc1ccccc1Cl. The average Bonchev–Trinajstić information content (AvgIpc) is 2.70. The molecule has 0 aliphatic carbocycles. The highest BCUT2D eigenvalue weighted by atomic mass is 35.5. The molecule has 152 valence electrons. The third-order valence-corrected chi connectivity index (χ3v) is 5.17. The van der Waals surface area contributed by atoms with Crippen LogP contribution in [0.25, 0.3) is 0 Å². The first kappa shape index (κ1) is 21.6. The van der Waals surface area contributed by atoms with Gasteiger partial charge in [0, 0.05) is 33.9 Å². The van der Waals surface area contributed by atoms with E-state index in [-0.39, 0.29) is 5.02 Å². The number of rotatable bonds is 8. The molecule has 0 spiro atoms. The van der Waals surface area contributed by atoms with Crippen molar-refractivity contribution < 1.29 is 13.9 Å². The molecule has 0 bridgehead atoms. The van der Waals surface area contributed by atoms with E-state index in [0.29, 0.717) is 47.0 Å². The maximum Gasteiger partial charge on any atom is 0.163 e. The lowest BCUT2D eigenvalue weighted by Gasteiger charge is -2.16. The Morgan fingerprint density at radius 1 is 0.828 bits per heavy atom. The van der Waals surface area contributed by atoms with E-state index in [4.69, 9.17) is 44.3 Å². The molecule has 7 heteroatoms. The van der Waals surface area contributed by atoms with Gasteiger partial charge in [-0.25, -0.2) is 4.39 Å². The van der Waals surface area contributed by atoms with Crippen LogP contribution in [-0.2, 0) is 13.2 Å². The number of halogens is 4. The van der Waals surface area contributed by atoms with Crippen molar-refractivity contribution in [2.24, 2.45) is 0 Å². The van der Waals surface area contributed by atoms with E-state index in [2.05, 4.69) is 5.32 Å². The van der Waals surface area contributed by atoms with E-state index >= 15 is 0 Å². The molecule has 0 saturated heterocycles. The van der Waals surface area contributed by atoms with Crippen molar-refractivity contribution in [2.75, 3.05) is 11.9 Å². The van der Waals surface area contributed by atoms with Crippen molar-refractivity contribution in [1.82, 2.24) is 0 Å². The molecule has 0 amide bonds. The van der Waals surface area contributed by atoms with Gasteiger partial charge in [-0.1, -0.05) is 53.0 Å². The van der Waals surface area contributed by atoms with Crippen LogP contribution in [0.5, 0.6) is 11.5 Å². The first-order valence-corrected chi connectivity index (χ1v) is 10.1. The lowest BCUT2D eigenvalue weighted by atomic mass is 10.2. The smallest absolute Gasteiger partial charge is 0.163 e. The Balaban J connectivity index is 1.76. The first-order valence-electron chi connectivity index (χ1n) is 8.98. The zero-order chi connectivity index (χ0) is 20.8. The van der Waals surface area contributed by atoms with Gasteiger partial charge in [0.1, 0.15) is 12.4 Å². The van der Waals surface area contributed by atoms with E-state index in [1.165, 1.54) is 12.1 Å². The molecule has 0 aliphatic heterocycles. The molecule has 0 unspecified atom stereocenters. The molecular weight excluding hydrogens is 436 g/mol. The topological polar surface area (TPSA) is 30.5 Å². The number of ether oxygens (including phenoxy) is 2. The van der Waals surface area contributed by atoms with Crippen molar-refractivity contribution in [1.29, 1.82) is 0 Å². The Kier molecular flexibility index (Phi) is 7.48. The fraction of sp³-hybridized carbons (Fsp3) is 0.182. The highest BCUT2D eigenvalue weighted by Crippen LogP contribution is 2.35. The molecule has 0 aromatic heterocycles. The summed E-state index contributed by atoms with van der Waals surface area (Å²) in [6.45, 7) is 3.07. The number of nitrogens with one attached hydrogen (secondary N) is 1. The van der Waals surface area contributed by atoms with Gasteiger partial charge in [0.15, 0.2) is 11.5 Å². The minimum absolute atomic E-state index is 0.0550. The highest BCUT2D eigenvalue weighted by molar-refractivity contribution is 6.32. The van der Waals surface area contributed by atoms with E-state index in [1.54, 1.807) is 12.1 Å². The molecular formula is C22H19Cl3FNO2. The van der Waals surface area contributed by atoms with Crippen LogP contribution in [0.1, 0.15) is 18.1 Å². The largest absolute Gasteiger partial charge is 0.490 e. The van der Waals surface area contributed by atoms with E-state index in [0.717, 1.165) is 11.1 Å². The maximum atomic E-state index is 13.3. The normalized spacial score (nSPS) is 10.7. The van der Waals surface area contributed by atoms with Gasteiger partial charge in [-0.05, 0) is 42.8 Å². The second-order valence-corrected chi connectivity index (χ2v) is 7.41. The summed E-state index contributed by atoms with van der Waals surface area (Å²) >= 11 is 18.5. The minimum atomic E-state index is -0.464. The monoisotopic (exact) mass is 453 g/mol. The van der Waals surface area contributed by atoms with Crippen LogP contribution < -0.4 is 14.8 Å². The van der Waals surface area contributed by atoms with Gasteiger partial charge in [0.05, 0.1) is 11.6 Å². The average molecular weight is 455 g/mol. The predicted octanol–water partition coefficient (Wildman–Crippen LogP) is 7.38. The molecule has 0 fully saturated rings. The van der Waals surface area contributed by atoms with Crippen molar-refractivity contribution in [3.8, 4) is 11.5 Å². The Bertz CT molecular complexity index is 998. The quantitative estimate of drug-likeness (QED) is 0.385. The third kappa shape index (κ3) is 5.69. The summed E-state index contributed by atoms with van der Waals surface area (Å²) in [6.07, 6.45) is 0. The second-order valence-electron chi connectivity index (χ2n) is 6.19. The van der Waals surface area contributed by atoms with E-state index in [9.17, 15) is 4.39 Å². The summed E-state index contributed by atoms with van der Waals surface area (Å²) in [4.78, 5) is 0. The van der Waals surface area contributed by atoms with Gasteiger partial charge in [0.2, 0.25) is 0 Å². The van der Waals surface area contributed by atoms with E-state index in [1.807, 2.05) is 37.3 Å². The summed E-state index contributed by atoms with van der Waals surface area (Å²) in [6, 6.07) is 15.5. The number of benzene rings is 3. The Morgan fingerprint density at radius 2 is 1.59 bits per heavy atom. The van der Waals surface area contributed by atoms with Crippen LogP contribution >= 0.6 is 34.8 Å². The van der Waals surface area contributed by atoms with Gasteiger partial charge < -0.3 is 14.8 Å². The third-order valence-electron chi connectivity index (χ3n) is 4.16. The van der Waals surface area contributed by atoms with Crippen LogP contribution in [0.3, 0.4) is 0 Å². The lowest BCUT2D eigenvalue weighted by Crippen LogP contribution is -2.04. The summed E-state index contributed by atoms with van der Waals surface area (Å²) < 4.78 is 24.9. The van der Waals surface area contributed by atoms with Gasteiger partial charge in [-0.2, -0.15) is 0 Å². The Labute approximate surface area is 184 Å². The zero-order valence-electron chi connectivity index (χ0n) is 15.6. The summed E-state index contributed by atoms with van der Waals surface area (Å²) in [5.74, 6) is 0.650. The predicted molar refractivity (Wildman–Crippen MR) is 117 cm³/mol. The van der Waals surface area contributed by atoms with Gasteiger partial charge in [0.25, 0.3) is 0 Å². The lowest BCUT2D eigenvalue weighted by molar-refractivity contribution is 0.269. The molecule has 0 radical (unpaired) electrons. The van der Waals surface area contributed by atoms with Gasteiger partial charge in [-0.3, -0.25) is 0 Å². The first-order chi connectivity index (χ1) is 14.0. The van der Waals surface area contributed by atoms with Crippen LogP contribution in [0.15, 0.2) is 54.6 Å². The Morgan fingerprint density at radius 3 is 2.31 bits per heavy atom. The molecule has 3 rings (SSSR count). The summed E-state index contributed by atoms with van der Waals surface area (Å²) in [7, 11) is 0. The number of hydrogen-bond acceptors (Lipinski definition) is 3. The van der Waals surface area contributed by atoms with Crippen molar-refractivity contribution in [3.05, 3.63) is 86.6 Å². The van der Waals surface area contributed by atoms with Gasteiger partial charge >= 0.3 is 0 Å². The van der Waals surface area contributed by atoms with Crippen LogP contribution in [-0.4, -0.2) is 6.61 Å². The van der Waals surface area contributed by atoms with Crippen LogP contribution in [0.4, 0.5) is 10.1 Å². The molecule has 3 aromatic carbocycles. The van der Waals surface area contributed by atoms with Crippen LogP contribution in [0, 0.1) is 5.82 Å². The summed E-state index contributed by atoms with van der Waals surface area (Å²) in [5, 5.41) is 4.38. The molecule has 29 heavy (non-hydrogen) atoms. The molecule has 0 saturated carbocycles.